The molecule has 1 aromatic rings. The molecule has 0 aliphatic carbocycles. The van der Waals surface area contributed by atoms with Gasteiger partial charge in [0, 0.05) is 18.2 Å². The molecule has 0 aromatic carbocycles. The lowest BCUT2D eigenvalue weighted by atomic mass is 10.1. The monoisotopic (exact) mass is 209 g/mol. The van der Waals surface area contributed by atoms with E-state index in [1.54, 1.807) is 0 Å². The Bertz CT molecular complexity index is 317. The van der Waals surface area contributed by atoms with E-state index in [9.17, 15) is 4.79 Å². The zero-order chi connectivity index (χ0) is 11.3. The molecular weight excluding hydrogens is 190 g/mol. The molecule has 0 bridgehead atoms. The van der Waals surface area contributed by atoms with Crippen LogP contribution in [0, 0.1) is 5.92 Å². The van der Waals surface area contributed by atoms with Crippen LogP contribution in [0.2, 0.25) is 0 Å². The van der Waals surface area contributed by atoms with Crippen LogP contribution in [0.25, 0.3) is 0 Å². The van der Waals surface area contributed by atoms with Gasteiger partial charge in [-0.15, -0.1) is 0 Å². The lowest BCUT2D eigenvalue weighted by Gasteiger charge is -2.00. The maximum absolute atomic E-state index is 11.1. The van der Waals surface area contributed by atoms with Crippen molar-refractivity contribution in [2.75, 3.05) is 5.32 Å². The first kappa shape index (κ1) is 11.8. The fraction of sp³-hybridized carbons (Fsp3) is 0.636. The predicted octanol–water partition coefficient (Wildman–Crippen LogP) is 2.35. The Morgan fingerprint density at radius 2 is 2.33 bits per heavy atom. The highest BCUT2D eigenvalue weighted by molar-refractivity contribution is 5.89. The second-order valence-corrected chi connectivity index (χ2v) is 4.11. The van der Waals surface area contributed by atoms with Crippen molar-refractivity contribution in [3.63, 3.8) is 0 Å². The van der Waals surface area contributed by atoms with Gasteiger partial charge in [0.1, 0.15) is 0 Å². The van der Waals surface area contributed by atoms with Crippen molar-refractivity contribution in [1.29, 1.82) is 0 Å². The summed E-state index contributed by atoms with van der Waals surface area (Å²) >= 11 is 0. The lowest BCUT2D eigenvalue weighted by Crippen LogP contribution is -2.09. The Hall–Kier alpha value is -1.32. The average molecular weight is 209 g/mol. The smallest absolute Gasteiger partial charge is 0.225 e. The number of aryl methyl sites for hydroxylation is 1. The third-order valence-corrected chi connectivity index (χ3v) is 2.21. The Labute approximate surface area is 90.5 Å². The van der Waals surface area contributed by atoms with E-state index in [-0.39, 0.29) is 5.91 Å². The van der Waals surface area contributed by atoms with Gasteiger partial charge in [-0.1, -0.05) is 20.8 Å². The molecule has 0 fully saturated rings. The Kier molecular flexibility index (Phi) is 4.34. The molecule has 4 nitrogen and oxygen atoms in total. The molecule has 0 unspecified atom stereocenters. The van der Waals surface area contributed by atoms with Gasteiger partial charge in [-0.25, -0.2) is 0 Å². The summed E-state index contributed by atoms with van der Waals surface area (Å²) in [5.41, 5.74) is 1.08. The van der Waals surface area contributed by atoms with Gasteiger partial charge in [-0.2, -0.15) is 5.10 Å². The van der Waals surface area contributed by atoms with Crippen LogP contribution >= 0.6 is 0 Å². The molecule has 0 radical (unpaired) electrons. The summed E-state index contributed by atoms with van der Waals surface area (Å²) < 4.78 is 0. The first-order valence-corrected chi connectivity index (χ1v) is 5.46. The highest BCUT2D eigenvalue weighted by Crippen LogP contribution is 2.10. The molecule has 2 N–H and O–H groups in total. The number of carbonyl (C=O) groups excluding carboxylic acids is 1. The van der Waals surface area contributed by atoms with E-state index in [4.69, 9.17) is 0 Å². The molecule has 0 saturated carbocycles. The molecule has 0 aliphatic rings. The fourth-order valence-electron chi connectivity index (χ4n) is 1.23. The number of hydrogen-bond acceptors (Lipinski definition) is 2. The van der Waals surface area contributed by atoms with Crippen LogP contribution < -0.4 is 5.32 Å². The second-order valence-electron chi connectivity index (χ2n) is 4.11. The maximum Gasteiger partial charge on any atom is 0.225 e. The third-order valence-electron chi connectivity index (χ3n) is 2.21. The van der Waals surface area contributed by atoms with Crippen molar-refractivity contribution >= 4 is 11.7 Å². The number of nitrogens with zero attached hydrogens (tertiary/aromatic N) is 1. The summed E-state index contributed by atoms with van der Waals surface area (Å²) in [4.78, 5) is 11.1. The van der Waals surface area contributed by atoms with Gasteiger partial charge >= 0.3 is 0 Å². The predicted molar refractivity (Wildman–Crippen MR) is 60.7 cm³/mol. The van der Waals surface area contributed by atoms with Crippen LogP contribution in [0.15, 0.2) is 6.07 Å². The number of amides is 1. The molecule has 1 aromatic heterocycles. The SMILES string of the molecule is CCC(=O)Nc1cc(CCC(C)C)[nH]n1. The summed E-state index contributed by atoms with van der Waals surface area (Å²) in [6.07, 6.45) is 2.59. The summed E-state index contributed by atoms with van der Waals surface area (Å²) in [5.74, 6) is 1.31. The van der Waals surface area contributed by atoms with E-state index < -0.39 is 0 Å². The number of nitrogens with one attached hydrogen (secondary N) is 2. The number of hydrogen-bond donors (Lipinski definition) is 2. The number of aromatic amines is 1. The minimum atomic E-state index is -0.00286. The molecule has 1 amide bonds. The number of rotatable bonds is 5. The zero-order valence-electron chi connectivity index (χ0n) is 9.63. The zero-order valence-corrected chi connectivity index (χ0v) is 9.63. The normalized spacial score (nSPS) is 10.7. The van der Waals surface area contributed by atoms with E-state index >= 15 is 0 Å². The number of H-pyrrole nitrogens is 1. The Morgan fingerprint density at radius 3 is 2.93 bits per heavy atom. The first-order chi connectivity index (χ1) is 7.11. The van der Waals surface area contributed by atoms with Crippen LogP contribution in [0.3, 0.4) is 0 Å². The standard InChI is InChI=1S/C11H19N3O/c1-4-11(15)12-10-7-9(13-14-10)6-5-8(2)3/h7-8H,4-6H2,1-3H3,(H2,12,13,14,15). The van der Waals surface area contributed by atoms with Crippen molar-refractivity contribution in [3.05, 3.63) is 11.8 Å². The van der Waals surface area contributed by atoms with Crippen LogP contribution in [-0.4, -0.2) is 16.1 Å². The first-order valence-electron chi connectivity index (χ1n) is 5.46. The van der Waals surface area contributed by atoms with Crippen molar-refractivity contribution in [2.45, 2.75) is 40.0 Å². The van der Waals surface area contributed by atoms with Gasteiger partial charge in [0.25, 0.3) is 0 Å². The van der Waals surface area contributed by atoms with Gasteiger partial charge in [0.2, 0.25) is 5.91 Å². The summed E-state index contributed by atoms with van der Waals surface area (Å²) in [6.45, 7) is 6.20. The molecule has 4 heteroatoms. The van der Waals surface area contributed by atoms with Crippen LogP contribution in [0.1, 0.15) is 39.3 Å². The molecule has 15 heavy (non-hydrogen) atoms. The second kappa shape index (κ2) is 5.53. The Balaban J connectivity index is 2.45. The molecule has 1 rings (SSSR count). The van der Waals surface area contributed by atoms with Crippen LogP contribution in [0.5, 0.6) is 0 Å². The maximum atomic E-state index is 11.1. The number of aromatic nitrogens is 2. The largest absolute Gasteiger partial charge is 0.309 e. The fourth-order valence-corrected chi connectivity index (χ4v) is 1.23. The molecule has 84 valence electrons. The topological polar surface area (TPSA) is 57.8 Å². The quantitative estimate of drug-likeness (QED) is 0.782. The molecule has 1 heterocycles. The summed E-state index contributed by atoms with van der Waals surface area (Å²) in [6, 6.07) is 1.90. The van der Waals surface area contributed by atoms with Crippen LogP contribution in [0.4, 0.5) is 5.82 Å². The average Bonchev–Trinajstić information content (AvgIpc) is 2.62. The van der Waals surface area contributed by atoms with Gasteiger partial charge < -0.3 is 5.32 Å². The van der Waals surface area contributed by atoms with Crippen molar-refractivity contribution < 1.29 is 4.79 Å². The van der Waals surface area contributed by atoms with Gasteiger partial charge in [-0.3, -0.25) is 9.89 Å². The van der Waals surface area contributed by atoms with Gasteiger partial charge in [0.05, 0.1) is 0 Å². The van der Waals surface area contributed by atoms with E-state index in [1.165, 1.54) is 0 Å². The molecule has 0 saturated heterocycles. The lowest BCUT2D eigenvalue weighted by molar-refractivity contribution is -0.115. The molecular formula is C11H19N3O. The van der Waals surface area contributed by atoms with E-state index in [1.807, 2.05) is 13.0 Å². The highest BCUT2D eigenvalue weighted by Gasteiger charge is 2.04. The molecule has 0 spiro atoms. The van der Waals surface area contributed by atoms with Crippen molar-refractivity contribution in [1.82, 2.24) is 10.2 Å². The third kappa shape index (κ3) is 4.14. The van der Waals surface area contributed by atoms with Crippen molar-refractivity contribution in [3.8, 4) is 0 Å². The number of carbonyl (C=O) groups is 1. The molecule has 0 aliphatic heterocycles. The molecule has 0 atom stereocenters. The van der Waals surface area contributed by atoms with E-state index in [0.717, 1.165) is 18.5 Å². The minimum absolute atomic E-state index is 0.00286. The highest BCUT2D eigenvalue weighted by atomic mass is 16.1. The van der Waals surface area contributed by atoms with Crippen molar-refractivity contribution in [2.24, 2.45) is 5.92 Å². The number of anilines is 1. The van der Waals surface area contributed by atoms with E-state index in [0.29, 0.717) is 18.2 Å². The summed E-state index contributed by atoms with van der Waals surface area (Å²) in [7, 11) is 0. The van der Waals surface area contributed by atoms with E-state index in [2.05, 4.69) is 29.4 Å². The van der Waals surface area contributed by atoms with Crippen LogP contribution in [-0.2, 0) is 11.2 Å². The van der Waals surface area contributed by atoms with Gasteiger partial charge in [0.15, 0.2) is 5.82 Å². The Morgan fingerprint density at radius 1 is 1.60 bits per heavy atom. The minimum Gasteiger partial charge on any atom is -0.309 e. The van der Waals surface area contributed by atoms with Gasteiger partial charge in [-0.05, 0) is 18.8 Å². The summed E-state index contributed by atoms with van der Waals surface area (Å²) in [5, 5.41) is 9.67.